The van der Waals surface area contributed by atoms with Gasteiger partial charge in [0.25, 0.3) is 0 Å². The molecule has 0 heterocycles. The molecular formula is C14H26O2S. The molecule has 0 spiro atoms. The Morgan fingerprint density at radius 1 is 1.06 bits per heavy atom. The van der Waals surface area contributed by atoms with Gasteiger partial charge in [0, 0.05) is 6.08 Å². The average molecular weight is 258 g/mol. The van der Waals surface area contributed by atoms with Gasteiger partial charge >= 0.3 is 5.97 Å². The summed E-state index contributed by atoms with van der Waals surface area (Å²) in [4.78, 5) is 10.7. The van der Waals surface area contributed by atoms with Crippen LogP contribution in [0.1, 0.15) is 58.3 Å². The van der Waals surface area contributed by atoms with E-state index in [0.717, 1.165) is 5.75 Å². The van der Waals surface area contributed by atoms with E-state index in [0.29, 0.717) is 0 Å². The van der Waals surface area contributed by atoms with Gasteiger partial charge in [-0.2, -0.15) is 0 Å². The maximum Gasteiger partial charge on any atom is 0.330 e. The third-order valence-electron chi connectivity index (χ3n) is 2.62. The number of methoxy groups -OCH3 is 1. The molecule has 0 atom stereocenters. The topological polar surface area (TPSA) is 26.3 Å². The molecule has 0 saturated heterocycles. The van der Waals surface area contributed by atoms with Crippen molar-refractivity contribution in [1.82, 2.24) is 0 Å². The number of thioether (sulfide) groups is 1. The predicted molar refractivity (Wildman–Crippen MR) is 76.2 cm³/mol. The van der Waals surface area contributed by atoms with Crippen LogP contribution in [0.5, 0.6) is 0 Å². The minimum atomic E-state index is -0.270. The highest BCUT2D eigenvalue weighted by atomic mass is 32.2. The lowest BCUT2D eigenvalue weighted by atomic mass is 10.1. The molecule has 2 nitrogen and oxygen atoms in total. The van der Waals surface area contributed by atoms with Gasteiger partial charge < -0.3 is 4.74 Å². The molecule has 0 aliphatic carbocycles. The van der Waals surface area contributed by atoms with Crippen molar-refractivity contribution in [2.24, 2.45) is 0 Å². The van der Waals surface area contributed by atoms with Gasteiger partial charge in [-0.05, 0) is 17.6 Å². The Labute approximate surface area is 110 Å². The number of esters is 1. The van der Waals surface area contributed by atoms with Gasteiger partial charge in [-0.3, -0.25) is 0 Å². The Morgan fingerprint density at radius 3 is 2.24 bits per heavy atom. The number of carbonyl (C=O) groups excluding carboxylic acids is 1. The van der Waals surface area contributed by atoms with Crippen LogP contribution in [0.15, 0.2) is 11.5 Å². The summed E-state index contributed by atoms with van der Waals surface area (Å²) in [5.41, 5.74) is 0. The molecular weight excluding hydrogens is 232 g/mol. The van der Waals surface area contributed by atoms with Gasteiger partial charge in [0.05, 0.1) is 7.11 Å². The Hall–Kier alpha value is -0.440. The van der Waals surface area contributed by atoms with E-state index in [-0.39, 0.29) is 5.97 Å². The first-order valence-corrected chi connectivity index (χ1v) is 7.72. The molecule has 0 aliphatic heterocycles. The summed E-state index contributed by atoms with van der Waals surface area (Å²) in [6, 6.07) is 0. The SMILES string of the molecule is CCCCCCCCCCSC=CC(=O)OC. The monoisotopic (exact) mass is 258 g/mol. The summed E-state index contributed by atoms with van der Waals surface area (Å²) >= 11 is 1.69. The molecule has 0 aromatic carbocycles. The molecule has 0 bridgehead atoms. The standard InChI is InChI=1S/C14H26O2S/c1-3-4-5-6-7-8-9-10-12-17-13-11-14(15)16-2/h11,13H,3-10,12H2,1-2H3. The molecule has 3 heteroatoms. The van der Waals surface area contributed by atoms with Crippen molar-refractivity contribution in [3.05, 3.63) is 11.5 Å². The molecule has 0 fully saturated rings. The van der Waals surface area contributed by atoms with Crippen LogP contribution in [-0.4, -0.2) is 18.8 Å². The van der Waals surface area contributed by atoms with Crippen LogP contribution in [0.2, 0.25) is 0 Å². The number of carbonyl (C=O) groups is 1. The van der Waals surface area contributed by atoms with Gasteiger partial charge in [-0.15, -0.1) is 11.8 Å². The van der Waals surface area contributed by atoms with Crippen LogP contribution < -0.4 is 0 Å². The minimum absolute atomic E-state index is 0.270. The fourth-order valence-electron chi connectivity index (χ4n) is 1.56. The first-order valence-electron chi connectivity index (χ1n) is 6.67. The summed E-state index contributed by atoms with van der Waals surface area (Å²) in [6.07, 6.45) is 12.3. The van der Waals surface area contributed by atoms with Crippen LogP contribution in [0.25, 0.3) is 0 Å². The molecule has 100 valence electrons. The molecule has 0 aromatic rings. The van der Waals surface area contributed by atoms with Crippen molar-refractivity contribution in [3.8, 4) is 0 Å². The Morgan fingerprint density at radius 2 is 1.65 bits per heavy atom. The Balaban J connectivity index is 3.08. The Bertz CT molecular complexity index is 202. The van der Waals surface area contributed by atoms with Crippen LogP contribution in [0, 0.1) is 0 Å². The van der Waals surface area contributed by atoms with Crippen molar-refractivity contribution >= 4 is 17.7 Å². The van der Waals surface area contributed by atoms with Gasteiger partial charge in [-0.25, -0.2) is 4.79 Å². The third kappa shape index (κ3) is 13.5. The van der Waals surface area contributed by atoms with E-state index in [1.54, 1.807) is 11.8 Å². The minimum Gasteiger partial charge on any atom is -0.466 e. The maximum absolute atomic E-state index is 10.7. The van der Waals surface area contributed by atoms with Gasteiger partial charge in [0.2, 0.25) is 0 Å². The van der Waals surface area contributed by atoms with Crippen molar-refractivity contribution in [1.29, 1.82) is 0 Å². The van der Waals surface area contributed by atoms with E-state index < -0.39 is 0 Å². The fourth-order valence-corrected chi connectivity index (χ4v) is 2.27. The summed E-state index contributed by atoms with van der Waals surface area (Å²) in [5, 5.41) is 1.83. The number of ether oxygens (including phenoxy) is 1. The van der Waals surface area contributed by atoms with Gasteiger partial charge in [0.1, 0.15) is 0 Å². The molecule has 0 aromatic heterocycles. The molecule has 0 aliphatic rings. The van der Waals surface area contributed by atoms with E-state index >= 15 is 0 Å². The van der Waals surface area contributed by atoms with Crippen molar-refractivity contribution in [3.63, 3.8) is 0 Å². The smallest absolute Gasteiger partial charge is 0.330 e. The quantitative estimate of drug-likeness (QED) is 0.309. The second kappa shape index (κ2) is 13.6. The second-order valence-electron chi connectivity index (χ2n) is 4.17. The summed E-state index contributed by atoms with van der Waals surface area (Å²) in [6.45, 7) is 2.25. The molecule has 0 saturated carbocycles. The fraction of sp³-hybridized carbons (Fsp3) is 0.786. The van der Waals surface area contributed by atoms with E-state index in [9.17, 15) is 4.79 Å². The zero-order valence-corrected chi connectivity index (χ0v) is 12.1. The van der Waals surface area contributed by atoms with Crippen LogP contribution in [0.3, 0.4) is 0 Å². The lowest BCUT2D eigenvalue weighted by Crippen LogP contribution is -1.92. The first kappa shape index (κ1) is 16.6. The van der Waals surface area contributed by atoms with Gasteiger partial charge in [-0.1, -0.05) is 51.9 Å². The zero-order chi connectivity index (χ0) is 12.8. The van der Waals surface area contributed by atoms with Crippen molar-refractivity contribution in [2.45, 2.75) is 58.3 Å². The number of hydrogen-bond donors (Lipinski definition) is 0. The molecule has 0 unspecified atom stereocenters. The first-order chi connectivity index (χ1) is 8.31. The normalized spacial score (nSPS) is 10.9. The second-order valence-corrected chi connectivity index (χ2v) is 5.19. The molecule has 0 amide bonds. The summed E-state index contributed by atoms with van der Waals surface area (Å²) in [5.74, 6) is 0.830. The Kier molecular flexibility index (Phi) is 13.3. The highest BCUT2D eigenvalue weighted by Crippen LogP contribution is 2.11. The number of unbranched alkanes of at least 4 members (excludes halogenated alkanes) is 7. The highest BCUT2D eigenvalue weighted by Gasteiger charge is 1.92. The van der Waals surface area contributed by atoms with Crippen molar-refractivity contribution in [2.75, 3.05) is 12.9 Å². The lowest BCUT2D eigenvalue weighted by molar-refractivity contribution is -0.134. The summed E-state index contributed by atoms with van der Waals surface area (Å²) < 4.78 is 4.50. The van der Waals surface area contributed by atoms with E-state index in [1.165, 1.54) is 64.6 Å². The van der Waals surface area contributed by atoms with E-state index in [2.05, 4.69) is 11.7 Å². The van der Waals surface area contributed by atoms with Crippen molar-refractivity contribution < 1.29 is 9.53 Å². The van der Waals surface area contributed by atoms with Crippen LogP contribution in [-0.2, 0) is 9.53 Å². The lowest BCUT2D eigenvalue weighted by Gasteiger charge is -2.00. The largest absolute Gasteiger partial charge is 0.466 e. The summed E-state index contributed by atoms with van der Waals surface area (Å²) in [7, 11) is 1.40. The van der Waals surface area contributed by atoms with Gasteiger partial charge in [0.15, 0.2) is 0 Å². The molecule has 0 N–H and O–H groups in total. The zero-order valence-electron chi connectivity index (χ0n) is 11.2. The average Bonchev–Trinajstić information content (AvgIpc) is 2.35. The van der Waals surface area contributed by atoms with Crippen LogP contribution in [0.4, 0.5) is 0 Å². The number of rotatable bonds is 11. The predicted octanol–water partition coefficient (Wildman–Crippen LogP) is 4.55. The van der Waals surface area contributed by atoms with E-state index in [1.807, 2.05) is 5.41 Å². The van der Waals surface area contributed by atoms with Crippen LogP contribution >= 0.6 is 11.8 Å². The molecule has 0 rings (SSSR count). The van der Waals surface area contributed by atoms with E-state index in [4.69, 9.17) is 0 Å². The number of hydrogen-bond acceptors (Lipinski definition) is 3. The third-order valence-corrected chi connectivity index (χ3v) is 3.47. The molecule has 0 radical (unpaired) electrons. The maximum atomic E-state index is 10.7. The molecule has 17 heavy (non-hydrogen) atoms. The highest BCUT2D eigenvalue weighted by molar-refractivity contribution is 8.02.